The predicted octanol–water partition coefficient (Wildman–Crippen LogP) is -3.30. The average Bonchev–Trinajstić information content (AvgIpc) is 2.39. The molecule has 0 heterocycles. The first kappa shape index (κ1) is 25.5. The lowest BCUT2D eigenvalue weighted by molar-refractivity contribution is -0.135. The van der Waals surface area contributed by atoms with E-state index in [1.54, 1.807) is 0 Å². The number of rotatable bonds is 4. The second-order valence-electron chi connectivity index (χ2n) is 2.46. The molecule has 0 aliphatic heterocycles. The molecule has 0 aromatic carbocycles. The minimum atomic E-state index is -1.07. The van der Waals surface area contributed by atoms with E-state index in [-0.39, 0.29) is 0 Å². The molecule has 0 amide bonds. The molecule has 0 unspecified atom stereocenters. The van der Waals surface area contributed by atoms with Crippen LogP contribution in [0.3, 0.4) is 0 Å². The van der Waals surface area contributed by atoms with Crippen molar-refractivity contribution in [3.05, 3.63) is 0 Å². The molecule has 0 bridgehead atoms. The molecule has 0 aromatic rings. The number of nitrogens with zero attached hydrogens (tertiary/aromatic N) is 1. The van der Waals surface area contributed by atoms with Crippen molar-refractivity contribution < 1.29 is 9.90 Å². The molecule has 18 heavy (non-hydrogen) atoms. The summed E-state index contributed by atoms with van der Waals surface area (Å²) < 4.78 is 0. The maximum atomic E-state index is 9.38. The van der Waals surface area contributed by atoms with Crippen molar-refractivity contribution in [3.8, 4) is 6.07 Å². The van der Waals surface area contributed by atoms with Crippen molar-refractivity contribution in [2.75, 3.05) is 39.3 Å². The van der Waals surface area contributed by atoms with Crippen LogP contribution in [0, 0.1) is 11.3 Å². The highest BCUT2D eigenvalue weighted by atomic mass is 16.4. The summed E-state index contributed by atoms with van der Waals surface area (Å²) in [5.74, 6) is -1.07. The molecule has 0 fully saturated rings. The summed E-state index contributed by atoms with van der Waals surface area (Å²) in [6.45, 7) is 3.58. The highest BCUT2D eigenvalue weighted by molar-refractivity contribution is 5.69. The minimum Gasteiger partial charge on any atom is -0.480 e. The first-order chi connectivity index (χ1) is 8.51. The van der Waals surface area contributed by atoms with Crippen LogP contribution in [0.2, 0.25) is 0 Å². The number of carbonyl (C=O) groups is 1. The molecule has 110 valence electrons. The fourth-order valence-corrected chi connectivity index (χ4v) is 0.0676. The first-order valence-corrected chi connectivity index (χ1v) is 5.31. The molecule has 0 radical (unpaired) electrons. The van der Waals surface area contributed by atoms with Gasteiger partial charge in [0.25, 0.3) is 0 Å². The molecule has 0 aliphatic rings. The van der Waals surface area contributed by atoms with Gasteiger partial charge in [-0.1, -0.05) is 0 Å². The van der Waals surface area contributed by atoms with Crippen LogP contribution in [0.25, 0.3) is 0 Å². The molecular formula is C9H27N7O2. The van der Waals surface area contributed by atoms with Crippen LogP contribution >= 0.6 is 0 Å². The van der Waals surface area contributed by atoms with Crippen LogP contribution in [-0.2, 0) is 4.79 Å². The molecule has 9 nitrogen and oxygen atoms in total. The number of nitrogens with two attached hydrogens (primary N) is 6. The third kappa shape index (κ3) is 124. The Kier molecular flexibility index (Phi) is 51.1. The molecule has 0 spiro atoms. The van der Waals surface area contributed by atoms with Gasteiger partial charge >= 0.3 is 5.97 Å². The van der Waals surface area contributed by atoms with Gasteiger partial charge in [-0.3, -0.25) is 4.79 Å². The summed E-state index contributed by atoms with van der Waals surface area (Å²) in [5, 5.41) is 15.3. The Hall–Kier alpha value is -1.28. The number of carboxylic acids is 1. The summed E-state index contributed by atoms with van der Waals surface area (Å²) in [5.41, 5.74) is 29.4. The normalized spacial score (nSPS) is 7.17. The van der Waals surface area contributed by atoms with E-state index < -0.39 is 12.4 Å². The molecule has 0 saturated heterocycles. The SMILES string of the molecule is N#CCC(=O)O.NCCN.NCCN.NCCN. The summed E-state index contributed by atoms with van der Waals surface area (Å²) in [7, 11) is 0. The van der Waals surface area contributed by atoms with Gasteiger partial charge in [0.1, 0.15) is 6.42 Å². The van der Waals surface area contributed by atoms with Crippen LogP contribution in [-0.4, -0.2) is 50.3 Å². The number of hydrogen-bond donors (Lipinski definition) is 7. The zero-order valence-corrected chi connectivity index (χ0v) is 10.7. The second kappa shape index (κ2) is 36.1. The predicted molar refractivity (Wildman–Crippen MR) is 72.2 cm³/mol. The van der Waals surface area contributed by atoms with E-state index in [0.717, 1.165) is 0 Å². The zero-order valence-electron chi connectivity index (χ0n) is 10.7. The van der Waals surface area contributed by atoms with E-state index in [1.807, 2.05) is 0 Å². The molecule has 9 heteroatoms. The van der Waals surface area contributed by atoms with E-state index in [9.17, 15) is 4.79 Å². The first-order valence-electron chi connectivity index (χ1n) is 5.31. The van der Waals surface area contributed by atoms with Gasteiger partial charge < -0.3 is 39.5 Å². The highest BCUT2D eigenvalue weighted by Gasteiger charge is 1.87. The second-order valence-corrected chi connectivity index (χ2v) is 2.46. The van der Waals surface area contributed by atoms with Gasteiger partial charge in [0.15, 0.2) is 0 Å². The zero-order chi connectivity index (χ0) is 15.2. The highest BCUT2D eigenvalue weighted by Crippen LogP contribution is 1.68. The van der Waals surface area contributed by atoms with Gasteiger partial charge in [0.05, 0.1) is 6.07 Å². The Morgan fingerprint density at radius 2 is 1.06 bits per heavy atom. The maximum absolute atomic E-state index is 9.38. The lowest BCUT2D eigenvalue weighted by atomic mass is 10.5. The van der Waals surface area contributed by atoms with E-state index in [2.05, 4.69) is 0 Å². The third-order valence-electron chi connectivity index (χ3n) is 0.730. The molecular weight excluding hydrogens is 238 g/mol. The Labute approximate surface area is 108 Å². The van der Waals surface area contributed by atoms with Crippen LogP contribution in [0.5, 0.6) is 0 Å². The fraction of sp³-hybridized carbons (Fsp3) is 0.778. The topological polar surface area (TPSA) is 217 Å². The summed E-state index contributed by atoms with van der Waals surface area (Å²) in [6.07, 6.45) is -0.403. The largest absolute Gasteiger partial charge is 0.480 e. The Balaban J connectivity index is -0.0000000742. The van der Waals surface area contributed by atoms with Gasteiger partial charge in [-0.15, -0.1) is 0 Å². The van der Waals surface area contributed by atoms with E-state index >= 15 is 0 Å². The quantitative estimate of drug-likeness (QED) is 0.270. The summed E-state index contributed by atoms with van der Waals surface area (Å²) >= 11 is 0. The van der Waals surface area contributed by atoms with Gasteiger partial charge in [-0.05, 0) is 0 Å². The van der Waals surface area contributed by atoms with E-state index in [0.29, 0.717) is 39.3 Å². The van der Waals surface area contributed by atoms with Crippen molar-refractivity contribution in [2.24, 2.45) is 34.4 Å². The third-order valence-corrected chi connectivity index (χ3v) is 0.730. The van der Waals surface area contributed by atoms with Gasteiger partial charge in [0, 0.05) is 39.3 Å². The summed E-state index contributed by atoms with van der Waals surface area (Å²) in [4.78, 5) is 9.38. The van der Waals surface area contributed by atoms with Gasteiger partial charge in [-0.2, -0.15) is 5.26 Å². The van der Waals surface area contributed by atoms with Crippen molar-refractivity contribution in [1.82, 2.24) is 0 Å². The monoisotopic (exact) mass is 265 g/mol. The number of carboxylic acid groups (broad SMARTS) is 1. The molecule has 13 N–H and O–H groups in total. The van der Waals surface area contributed by atoms with Gasteiger partial charge in [-0.25, -0.2) is 0 Å². The maximum Gasteiger partial charge on any atom is 0.317 e. The van der Waals surface area contributed by atoms with Gasteiger partial charge in [0.2, 0.25) is 0 Å². The van der Waals surface area contributed by atoms with E-state index in [4.69, 9.17) is 44.8 Å². The van der Waals surface area contributed by atoms with Crippen LogP contribution in [0.15, 0.2) is 0 Å². The fourth-order valence-electron chi connectivity index (χ4n) is 0.0676. The summed E-state index contributed by atoms with van der Waals surface area (Å²) in [6, 6.07) is 1.47. The lowest BCUT2D eigenvalue weighted by Gasteiger charge is -1.72. The molecule has 0 atom stereocenters. The Bertz CT molecular complexity index is 157. The van der Waals surface area contributed by atoms with Crippen molar-refractivity contribution in [3.63, 3.8) is 0 Å². The van der Waals surface area contributed by atoms with E-state index in [1.165, 1.54) is 6.07 Å². The van der Waals surface area contributed by atoms with Crippen LogP contribution < -0.4 is 34.4 Å². The van der Waals surface area contributed by atoms with Crippen molar-refractivity contribution in [1.29, 1.82) is 5.26 Å². The van der Waals surface area contributed by atoms with Crippen LogP contribution in [0.4, 0.5) is 0 Å². The number of nitriles is 1. The minimum absolute atomic E-state index is 0.403. The molecule has 0 rings (SSSR count). The molecule has 0 saturated carbocycles. The molecule has 0 aromatic heterocycles. The lowest BCUT2D eigenvalue weighted by Crippen LogP contribution is -2.11. The van der Waals surface area contributed by atoms with Crippen LogP contribution in [0.1, 0.15) is 6.42 Å². The Morgan fingerprint density at radius 3 is 1.06 bits per heavy atom. The van der Waals surface area contributed by atoms with Crippen molar-refractivity contribution in [2.45, 2.75) is 6.42 Å². The Morgan fingerprint density at radius 1 is 0.833 bits per heavy atom. The standard InChI is InChI=1S/C3H3NO2.3C2H8N2/c4-2-1-3(5)6;3*3-1-2-4/h1H2,(H,5,6);3*1-4H2. The molecule has 0 aliphatic carbocycles. The number of aliphatic carboxylic acids is 1. The average molecular weight is 265 g/mol. The smallest absolute Gasteiger partial charge is 0.317 e. The van der Waals surface area contributed by atoms with Crippen molar-refractivity contribution >= 4 is 5.97 Å². The number of hydrogen-bond acceptors (Lipinski definition) is 8.